The number of nitriles is 1. The summed E-state index contributed by atoms with van der Waals surface area (Å²) in [6.07, 6.45) is 0.0495. The van der Waals surface area contributed by atoms with Crippen molar-refractivity contribution in [3.8, 4) is 6.07 Å². The van der Waals surface area contributed by atoms with Crippen molar-refractivity contribution in [1.82, 2.24) is 0 Å². The maximum Gasteiger partial charge on any atom is 0.292 e. The highest BCUT2D eigenvalue weighted by Gasteiger charge is 2.16. The van der Waals surface area contributed by atoms with Crippen molar-refractivity contribution in [3.05, 3.63) is 33.9 Å². The van der Waals surface area contributed by atoms with Crippen molar-refractivity contribution in [1.29, 1.82) is 5.26 Å². The smallest absolute Gasteiger partial charge is 0.292 e. The van der Waals surface area contributed by atoms with Crippen LogP contribution < -0.4 is 11.1 Å². The van der Waals surface area contributed by atoms with Crippen molar-refractivity contribution in [2.24, 2.45) is 5.73 Å². The first-order valence-electron chi connectivity index (χ1n) is 5.17. The summed E-state index contributed by atoms with van der Waals surface area (Å²) in [5.41, 5.74) is 5.39. The number of carbonyl (C=O) groups excluding carboxylic acids is 1. The highest BCUT2D eigenvalue weighted by Crippen LogP contribution is 2.26. The van der Waals surface area contributed by atoms with Crippen molar-refractivity contribution in [2.75, 3.05) is 5.32 Å². The second-order valence-corrected chi connectivity index (χ2v) is 3.82. The molecule has 0 spiro atoms. The first-order chi connectivity index (χ1) is 8.43. The van der Waals surface area contributed by atoms with Gasteiger partial charge in [0.05, 0.1) is 16.6 Å². The molecule has 7 heteroatoms. The Labute approximate surface area is 103 Å². The van der Waals surface area contributed by atoms with Crippen molar-refractivity contribution < 1.29 is 9.72 Å². The van der Waals surface area contributed by atoms with Crippen molar-refractivity contribution >= 4 is 17.3 Å². The van der Waals surface area contributed by atoms with Crippen LogP contribution in [0.2, 0.25) is 0 Å². The molecule has 3 N–H and O–H groups in total. The van der Waals surface area contributed by atoms with Crippen LogP contribution in [0.3, 0.4) is 0 Å². The summed E-state index contributed by atoms with van der Waals surface area (Å²) < 4.78 is 0. The number of rotatable bonds is 5. The Bertz CT molecular complexity index is 522. The molecule has 0 saturated heterocycles. The van der Waals surface area contributed by atoms with E-state index in [4.69, 9.17) is 11.0 Å². The Kier molecular flexibility index (Phi) is 4.21. The minimum atomic E-state index is -0.555. The van der Waals surface area contributed by atoms with Crippen molar-refractivity contribution in [2.45, 2.75) is 19.4 Å². The number of nitro groups is 1. The van der Waals surface area contributed by atoms with Crippen LogP contribution in [0, 0.1) is 21.4 Å². The minimum Gasteiger partial charge on any atom is -0.376 e. The Hall–Kier alpha value is -2.62. The molecule has 7 nitrogen and oxygen atoms in total. The summed E-state index contributed by atoms with van der Waals surface area (Å²) in [5.74, 6) is -0.505. The number of primary amides is 1. The van der Waals surface area contributed by atoms with E-state index >= 15 is 0 Å². The van der Waals surface area contributed by atoms with Gasteiger partial charge in [0.25, 0.3) is 5.69 Å². The quantitative estimate of drug-likeness (QED) is 0.597. The van der Waals surface area contributed by atoms with Gasteiger partial charge in [-0.05, 0) is 19.1 Å². The maximum absolute atomic E-state index is 10.8. The molecule has 0 aromatic heterocycles. The van der Waals surface area contributed by atoms with E-state index in [1.54, 1.807) is 6.92 Å². The summed E-state index contributed by atoms with van der Waals surface area (Å²) in [6.45, 7) is 1.67. The van der Waals surface area contributed by atoms with Gasteiger partial charge in [-0.3, -0.25) is 14.9 Å². The number of nitro benzene ring substituents is 1. The van der Waals surface area contributed by atoms with Crippen LogP contribution in [0.1, 0.15) is 18.9 Å². The molecular formula is C11H12N4O3. The standard InChI is InChI=1S/C11H12N4O3/c1-7(4-11(13)16)14-9-5-8(6-12)2-3-10(9)15(17)18/h2-3,5,7,14H,4H2,1H3,(H2,13,16). The molecule has 1 aromatic rings. The van der Waals surface area contributed by atoms with E-state index in [0.29, 0.717) is 5.56 Å². The summed E-state index contributed by atoms with van der Waals surface area (Å²) >= 11 is 0. The number of nitrogens with zero attached hydrogens (tertiary/aromatic N) is 2. The summed E-state index contributed by atoms with van der Waals surface area (Å²) in [7, 11) is 0. The average Bonchev–Trinajstić information content (AvgIpc) is 2.27. The third-order valence-electron chi connectivity index (χ3n) is 2.23. The van der Waals surface area contributed by atoms with E-state index in [0.717, 1.165) is 0 Å². The molecule has 0 fully saturated rings. The van der Waals surface area contributed by atoms with Gasteiger partial charge in [0.1, 0.15) is 5.69 Å². The molecule has 1 aromatic carbocycles. The van der Waals surface area contributed by atoms with Gasteiger partial charge in [-0.2, -0.15) is 5.26 Å². The van der Waals surface area contributed by atoms with Crippen LogP contribution in [0.25, 0.3) is 0 Å². The van der Waals surface area contributed by atoms with Gasteiger partial charge >= 0.3 is 0 Å². The lowest BCUT2D eigenvalue weighted by Crippen LogP contribution is -2.24. The van der Waals surface area contributed by atoms with E-state index in [9.17, 15) is 14.9 Å². The average molecular weight is 248 g/mol. The molecule has 1 rings (SSSR count). The van der Waals surface area contributed by atoms with Gasteiger partial charge in [-0.25, -0.2) is 0 Å². The van der Waals surface area contributed by atoms with Crippen molar-refractivity contribution in [3.63, 3.8) is 0 Å². The van der Waals surface area contributed by atoms with Gasteiger partial charge < -0.3 is 11.1 Å². The van der Waals surface area contributed by atoms with E-state index < -0.39 is 10.8 Å². The van der Waals surface area contributed by atoms with Crippen LogP contribution in [0.15, 0.2) is 18.2 Å². The van der Waals surface area contributed by atoms with Crippen LogP contribution >= 0.6 is 0 Å². The number of nitrogens with one attached hydrogen (secondary N) is 1. The SMILES string of the molecule is CC(CC(N)=O)Nc1cc(C#N)ccc1[N+](=O)[O-]. The predicted molar refractivity (Wildman–Crippen MR) is 64.7 cm³/mol. The van der Waals surface area contributed by atoms with Crippen LogP contribution in [-0.2, 0) is 4.79 Å². The molecule has 0 radical (unpaired) electrons. The molecule has 18 heavy (non-hydrogen) atoms. The lowest BCUT2D eigenvalue weighted by molar-refractivity contribution is -0.384. The number of nitrogens with two attached hydrogens (primary N) is 1. The fourth-order valence-corrected chi connectivity index (χ4v) is 1.50. The van der Waals surface area contributed by atoms with E-state index in [1.165, 1.54) is 18.2 Å². The number of anilines is 1. The molecule has 0 aliphatic carbocycles. The first kappa shape index (κ1) is 13.4. The molecule has 1 amide bonds. The molecule has 0 saturated carbocycles. The maximum atomic E-state index is 10.8. The molecule has 0 aliphatic rings. The number of amides is 1. The number of hydrogen-bond donors (Lipinski definition) is 2. The molecule has 0 aliphatic heterocycles. The number of benzene rings is 1. The largest absolute Gasteiger partial charge is 0.376 e. The molecule has 0 heterocycles. The molecular weight excluding hydrogens is 236 g/mol. The second-order valence-electron chi connectivity index (χ2n) is 3.82. The summed E-state index contributed by atoms with van der Waals surface area (Å²) in [4.78, 5) is 21.0. The van der Waals surface area contributed by atoms with E-state index in [-0.39, 0.29) is 23.8 Å². The normalized spacial score (nSPS) is 11.3. The topological polar surface area (TPSA) is 122 Å². The molecule has 94 valence electrons. The molecule has 0 bridgehead atoms. The van der Waals surface area contributed by atoms with Crippen LogP contribution in [-0.4, -0.2) is 16.9 Å². The minimum absolute atomic E-state index is 0.0495. The lowest BCUT2D eigenvalue weighted by atomic mass is 10.1. The van der Waals surface area contributed by atoms with Crippen LogP contribution in [0.5, 0.6) is 0 Å². The van der Waals surface area contributed by atoms with Gasteiger partial charge in [0.2, 0.25) is 5.91 Å². The van der Waals surface area contributed by atoms with Gasteiger partial charge in [0.15, 0.2) is 0 Å². The van der Waals surface area contributed by atoms with Gasteiger partial charge in [-0.1, -0.05) is 0 Å². The highest BCUT2D eigenvalue weighted by atomic mass is 16.6. The molecule has 1 unspecified atom stereocenters. The van der Waals surface area contributed by atoms with Crippen LogP contribution in [0.4, 0.5) is 11.4 Å². The number of carbonyl (C=O) groups is 1. The van der Waals surface area contributed by atoms with Gasteiger partial charge in [-0.15, -0.1) is 0 Å². The summed E-state index contributed by atoms with van der Waals surface area (Å²) in [5, 5.41) is 22.4. The predicted octanol–water partition coefficient (Wildman–Crippen LogP) is 1.14. The Morgan fingerprint density at radius 3 is 2.83 bits per heavy atom. The monoisotopic (exact) mass is 248 g/mol. The Morgan fingerprint density at radius 1 is 1.67 bits per heavy atom. The Morgan fingerprint density at radius 2 is 2.33 bits per heavy atom. The fraction of sp³-hybridized carbons (Fsp3) is 0.273. The number of hydrogen-bond acceptors (Lipinski definition) is 5. The van der Waals surface area contributed by atoms with Gasteiger partial charge in [0, 0.05) is 18.5 Å². The zero-order chi connectivity index (χ0) is 13.7. The zero-order valence-electron chi connectivity index (χ0n) is 9.71. The fourth-order valence-electron chi connectivity index (χ4n) is 1.50. The second kappa shape index (κ2) is 5.63. The lowest BCUT2D eigenvalue weighted by Gasteiger charge is -2.13. The molecule has 1 atom stereocenters. The highest BCUT2D eigenvalue weighted by molar-refractivity contribution is 5.75. The summed E-state index contributed by atoms with van der Waals surface area (Å²) in [6, 6.07) is 5.52. The Balaban J connectivity index is 3.01. The third-order valence-corrected chi connectivity index (χ3v) is 2.23. The van der Waals surface area contributed by atoms with E-state index in [1.807, 2.05) is 6.07 Å². The van der Waals surface area contributed by atoms with E-state index in [2.05, 4.69) is 5.32 Å². The third kappa shape index (κ3) is 3.45. The first-order valence-corrected chi connectivity index (χ1v) is 5.17. The zero-order valence-corrected chi connectivity index (χ0v) is 9.71.